The van der Waals surface area contributed by atoms with Crippen molar-refractivity contribution in [2.45, 2.75) is 26.8 Å². The fourth-order valence-corrected chi connectivity index (χ4v) is 2.88. The monoisotopic (exact) mass is 341 g/mol. The van der Waals surface area contributed by atoms with Crippen LogP contribution in [0.4, 0.5) is 10.1 Å². The SMILES string of the molecule is CCCn1c(C)nc2cc(NC(=O)c3cccc(OC)c3F)ccc21. The number of ether oxygens (including phenoxy) is 1. The highest BCUT2D eigenvalue weighted by atomic mass is 19.1. The maximum Gasteiger partial charge on any atom is 0.258 e. The van der Waals surface area contributed by atoms with Gasteiger partial charge in [0.25, 0.3) is 5.91 Å². The molecular weight excluding hydrogens is 321 g/mol. The lowest BCUT2D eigenvalue weighted by Crippen LogP contribution is -2.14. The summed E-state index contributed by atoms with van der Waals surface area (Å²) in [5.74, 6) is -0.233. The van der Waals surface area contributed by atoms with Crippen LogP contribution in [-0.4, -0.2) is 22.6 Å². The molecule has 130 valence electrons. The number of nitrogens with one attached hydrogen (secondary N) is 1. The zero-order valence-corrected chi connectivity index (χ0v) is 14.5. The van der Waals surface area contributed by atoms with Gasteiger partial charge in [-0.3, -0.25) is 4.79 Å². The van der Waals surface area contributed by atoms with Gasteiger partial charge in [-0.05, 0) is 43.7 Å². The average Bonchev–Trinajstić information content (AvgIpc) is 2.90. The van der Waals surface area contributed by atoms with Crippen molar-refractivity contribution in [3.8, 4) is 5.75 Å². The van der Waals surface area contributed by atoms with E-state index < -0.39 is 11.7 Å². The maximum absolute atomic E-state index is 14.2. The van der Waals surface area contributed by atoms with Crippen molar-refractivity contribution in [3.05, 3.63) is 53.6 Å². The summed E-state index contributed by atoms with van der Waals surface area (Å²) < 4.78 is 21.3. The fourth-order valence-electron chi connectivity index (χ4n) is 2.88. The van der Waals surface area contributed by atoms with E-state index in [1.165, 1.54) is 19.2 Å². The number of aryl methyl sites for hydroxylation is 2. The lowest BCUT2D eigenvalue weighted by atomic mass is 10.1. The number of nitrogens with zero attached hydrogens (tertiary/aromatic N) is 2. The highest BCUT2D eigenvalue weighted by molar-refractivity contribution is 6.05. The van der Waals surface area contributed by atoms with Crippen LogP contribution in [0.5, 0.6) is 5.75 Å². The Bertz CT molecular complexity index is 934. The average molecular weight is 341 g/mol. The number of benzene rings is 2. The van der Waals surface area contributed by atoms with Gasteiger partial charge in [0.2, 0.25) is 0 Å². The summed E-state index contributed by atoms with van der Waals surface area (Å²) in [6.07, 6.45) is 1.01. The lowest BCUT2D eigenvalue weighted by Gasteiger charge is -2.09. The predicted octanol–water partition coefficient (Wildman–Crippen LogP) is 4.15. The molecule has 0 fully saturated rings. The molecule has 25 heavy (non-hydrogen) atoms. The van der Waals surface area contributed by atoms with E-state index in [0.29, 0.717) is 5.69 Å². The topological polar surface area (TPSA) is 56.2 Å². The van der Waals surface area contributed by atoms with Crippen LogP contribution in [0, 0.1) is 12.7 Å². The normalized spacial score (nSPS) is 10.9. The Labute approximate surface area is 145 Å². The van der Waals surface area contributed by atoms with Gasteiger partial charge >= 0.3 is 0 Å². The Morgan fingerprint density at radius 3 is 2.84 bits per heavy atom. The minimum atomic E-state index is -0.674. The van der Waals surface area contributed by atoms with Crippen LogP contribution >= 0.6 is 0 Å². The molecule has 0 radical (unpaired) electrons. The Morgan fingerprint density at radius 1 is 1.32 bits per heavy atom. The number of imidazole rings is 1. The number of carbonyl (C=O) groups is 1. The van der Waals surface area contributed by atoms with E-state index in [4.69, 9.17) is 4.74 Å². The number of halogens is 1. The molecule has 0 aliphatic heterocycles. The summed E-state index contributed by atoms with van der Waals surface area (Å²) in [5.41, 5.74) is 2.33. The van der Waals surface area contributed by atoms with Gasteiger partial charge in [0.05, 0.1) is 23.7 Å². The van der Waals surface area contributed by atoms with Gasteiger partial charge in [-0.2, -0.15) is 0 Å². The van der Waals surface area contributed by atoms with E-state index in [9.17, 15) is 9.18 Å². The van der Waals surface area contributed by atoms with Gasteiger partial charge in [0.15, 0.2) is 11.6 Å². The number of amides is 1. The van der Waals surface area contributed by atoms with Crippen molar-refractivity contribution in [2.75, 3.05) is 12.4 Å². The van der Waals surface area contributed by atoms with Crippen LogP contribution in [0.1, 0.15) is 29.5 Å². The molecule has 1 N–H and O–H groups in total. The highest BCUT2D eigenvalue weighted by Crippen LogP contribution is 2.23. The number of anilines is 1. The number of hydrogen-bond donors (Lipinski definition) is 1. The molecule has 1 heterocycles. The number of aromatic nitrogens is 2. The van der Waals surface area contributed by atoms with Crippen molar-refractivity contribution in [2.24, 2.45) is 0 Å². The first kappa shape index (κ1) is 17.0. The smallest absolute Gasteiger partial charge is 0.258 e. The maximum atomic E-state index is 14.2. The van der Waals surface area contributed by atoms with Gasteiger partial charge in [0.1, 0.15) is 5.82 Å². The summed E-state index contributed by atoms with van der Waals surface area (Å²) >= 11 is 0. The molecule has 0 saturated heterocycles. The van der Waals surface area contributed by atoms with E-state index in [1.54, 1.807) is 18.2 Å². The molecular formula is C19H20FN3O2. The number of methoxy groups -OCH3 is 1. The molecule has 0 saturated carbocycles. The lowest BCUT2D eigenvalue weighted by molar-refractivity contribution is 0.102. The Kier molecular flexibility index (Phi) is 4.70. The van der Waals surface area contributed by atoms with E-state index in [2.05, 4.69) is 21.8 Å². The Morgan fingerprint density at radius 2 is 2.12 bits per heavy atom. The third-order valence-corrected chi connectivity index (χ3v) is 4.07. The van der Waals surface area contributed by atoms with Crippen molar-refractivity contribution in [1.82, 2.24) is 9.55 Å². The van der Waals surface area contributed by atoms with Crippen molar-refractivity contribution in [1.29, 1.82) is 0 Å². The van der Waals surface area contributed by atoms with Crippen molar-refractivity contribution < 1.29 is 13.9 Å². The second kappa shape index (κ2) is 6.93. The fraction of sp³-hybridized carbons (Fsp3) is 0.263. The second-order valence-electron chi connectivity index (χ2n) is 5.79. The van der Waals surface area contributed by atoms with Gasteiger partial charge in [-0.15, -0.1) is 0 Å². The van der Waals surface area contributed by atoms with E-state index >= 15 is 0 Å². The minimum absolute atomic E-state index is 0.0389. The molecule has 1 aromatic heterocycles. The second-order valence-corrected chi connectivity index (χ2v) is 5.79. The Hall–Kier alpha value is -2.89. The molecule has 3 rings (SSSR count). The first-order valence-corrected chi connectivity index (χ1v) is 8.16. The molecule has 6 heteroatoms. The molecule has 0 aliphatic carbocycles. The van der Waals surface area contributed by atoms with Gasteiger partial charge in [-0.25, -0.2) is 9.37 Å². The van der Waals surface area contributed by atoms with Crippen molar-refractivity contribution >= 4 is 22.6 Å². The molecule has 0 aliphatic rings. The van der Waals surface area contributed by atoms with Gasteiger partial charge in [0, 0.05) is 12.2 Å². The number of hydrogen-bond acceptors (Lipinski definition) is 3. The zero-order chi connectivity index (χ0) is 18.0. The quantitative estimate of drug-likeness (QED) is 0.758. The molecule has 0 spiro atoms. The van der Waals surface area contributed by atoms with Crippen LogP contribution in [0.25, 0.3) is 11.0 Å². The summed E-state index contributed by atoms with van der Waals surface area (Å²) in [4.78, 5) is 16.9. The molecule has 2 aromatic carbocycles. The van der Waals surface area contributed by atoms with E-state index in [0.717, 1.165) is 29.8 Å². The first-order valence-electron chi connectivity index (χ1n) is 8.16. The van der Waals surface area contributed by atoms with Crippen LogP contribution in [0.15, 0.2) is 36.4 Å². The first-order chi connectivity index (χ1) is 12.0. The van der Waals surface area contributed by atoms with Crippen molar-refractivity contribution in [3.63, 3.8) is 0 Å². The van der Waals surface area contributed by atoms with Crippen LogP contribution < -0.4 is 10.1 Å². The van der Waals surface area contributed by atoms with Gasteiger partial charge in [-0.1, -0.05) is 13.0 Å². The zero-order valence-electron chi connectivity index (χ0n) is 14.5. The van der Waals surface area contributed by atoms with Crippen LogP contribution in [0.2, 0.25) is 0 Å². The summed E-state index contributed by atoms with van der Waals surface area (Å²) in [6, 6.07) is 9.99. The highest BCUT2D eigenvalue weighted by Gasteiger charge is 2.16. The molecule has 3 aromatic rings. The molecule has 5 nitrogen and oxygen atoms in total. The van der Waals surface area contributed by atoms with E-state index in [1.807, 2.05) is 13.0 Å². The molecule has 0 bridgehead atoms. The third-order valence-electron chi connectivity index (χ3n) is 4.07. The summed E-state index contributed by atoms with van der Waals surface area (Å²) in [7, 11) is 1.36. The van der Waals surface area contributed by atoms with Gasteiger partial charge < -0.3 is 14.6 Å². The third kappa shape index (κ3) is 3.20. The Balaban J connectivity index is 1.89. The van der Waals surface area contributed by atoms with E-state index in [-0.39, 0.29) is 11.3 Å². The number of carbonyl (C=O) groups excluding carboxylic acids is 1. The number of rotatable bonds is 5. The predicted molar refractivity (Wildman–Crippen MR) is 95.7 cm³/mol. The summed E-state index contributed by atoms with van der Waals surface area (Å²) in [5, 5.41) is 2.72. The van der Waals surface area contributed by atoms with Crippen LogP contribution in [-0.2, 0) is 6.54 Å². The summed E-state index contributed by atoms with van der Waals surface area (Å²) in [6.45, 7) is 4.96. The molecule has 1 amide bonds. The standard InChI is InChI=1S/C19H20FN3O2/c1-4-10-23-12(2)21-15-11-13(8-9-16(15)23)22-19(24)14-6-5-7-17(25-3)18(14)20/h5-9,11H,4,10H2,1-3H3,(H,22,24). The molecule has 0 unspecified atom stereocenters. The molecule has 0 atom stereocenters. The van der Waals surface area contributed by atoms with Crippen LogP contribution in [0.3, 0.4) is 0 Å². The minimum Gasteiger partial charge on any atom is -0.494 e. The number of fused-ring (bicyclic) bond motifs is 1. The largest absolute Gasteiger partial charge is 0.494 e.